The molecule has 118 valence electrons. The molecule has 1 atom stereocenters. The Labute approximate surface area is 128 Å². The Balaban J connectivity index is 1.82. The number of carboxylic acids is 1. The average molecular weight is 305 g/mol. The molecule has 2 heterocycles. The maximum absolute atomic E-state index is 12.7. The average Bonchev–Trinajstić information content (AvgIpc) is 2.93. The van der Waals surface area contributed by atoms with Gasteiger partial charge in [-0.25, -0.2) is 4.79 Å². The van der Waals surface area contributed by atoms with Crippen molar-refractivity contribution in [2.75, 3.05) is 32.9 Å². The molecule has 1 unspecified atom stereocenters. The number of nitrogens with zero attached hydrogens (tertiary/aromatic N) is 1. The van der Waals surface area contributed by atoms with Crippen molar-refractivity contribution >= 4 is 11.9 Å². The van der Waals surface area contributed by atoms with E-state index in [1.165, 1.54) is 6.07 Å². The van der Waals surface area contributed by atoms with Crippen molar-refractivity contribution in [2.24, 2.45) is 0 Å². The highest BCUT2D eigenvalue weighted by molar-refractivity contribution is 5.98. The van der Waals surface area contributed by atoms with Gasteiger partial charge >= 0.3 is 5.97 Å². The van der Waals surface area contributed by atoms with Crippen molar-refractivity contribution in [2.45, 2.75) is 18.9 Å². The van der Waals surface area contributed by atoms with Crippen LogP contribution >= 0.6 is 0 Å². The van der Waals surface area contributed by atoms with Crippen LogP contribution in [0.5, 0.6) is 0 Å². The molecule has 0 bridgehead atoms. The number of aryl methyl sites for hydroxylation is 1. The van der Waals surface area contributed by atoms with Crippen molar-refractivity contribution in [1.29, 1.82) is 0 Å². The molecule has 1 amide bonds. The molecule has 3 rings (SSSR count). The summed E-state index contributed by atoms with van der Waals surface area (Å²) in [5.41, 5.74) is 0.909. The van der Waals surface area contributed by atoms with E-state index in [1.807, 2.05) is 0 Å². The summed E-state index contributed by atoms with van der Waals surface area (Å²) < 4.78 is 11.2. The first-order valence-corrected chi connectivity index (χ1v) is 7.35. The summed E-state index contributed by atoms with van der Waals surface area (Å²) in [6, 6.07) is 4.72. The maximum atomic E-state index is 12.7. The molecule has 2 fully saturated rings. The number of morpholine rings is 1. The molecule has 2 aliphatic rings. The highest BCUT2D eigenvalue weighted by Gasteiger charge is 2.41. The van der Waals surface area contributed by atoms with Gasteiger partial charge in [0.25, 0.3) is 5.91 Å². The van der Waals surface area contributed by atoms with Gasteiger partial charge < -0.3 is 19.5 Å². The summed E-state index contributed by atoms with van der Waals surface area (Å²) in [5, 5.41) is 9.13. The van der Waals surface area contributed by atoms with Gasteiger partial charge in [0.05, 0.1) is 25.3 Å². The molecule has 0 saturated carbocycles. The predicted octanol–water partition coefficient (Wildman–Crippen LogP) is 1.32. The molecule has 0 aliphatic carbocycles. The SMILES string of the molecule is Cc1cc(C(=O)O)cc(C(=O)N2CCOC3(CCOC3)C2)c1. The van der Waals surface area contributed by atoms with Crippen LogP contribution in [0.1, 0.15) is 32.7 Å². The van der Waals surface area contributed by atoms with Gasteiger partial charge in [-0.15, -0.1) is 0 Å². The topological polar surface area (TPSA) is 76.1 Å². The smallest absolute Gasteiger partial charge is 0.335 e. The first-order valence-electron chi connectivity index (χ1n) is 7.35. The van der Waals surface area contributed by atoms with Crippen molar-refractivity contribution in [3.05, 3.63) is 34.9 Å². The van der Waals surface area contributed by atoms with Gasteiger partial charge in [-0.3, -0.25) is 4.79 Å². The summed E-state index contributed by atoms with van der Waals surface area (Å²) in [4.78, 5) is 25.6. The van der Waals surface area contributed by atoms with Crippen LogP contribution in [0.4, 0.5) is 0 Å². The Morgan fingerprint density at radius 2 is 2.00 bits per heavy atom. The molecule has 1 aromatic carbocycles. The summed E-state index contributed by atoms with van der Waals surface area (Å²) in [6.45, 7) is 4.42. The molecule has 0 aromatic heterocycles. The highest BCUT2D eigenvalue weighted by Crippen LogP contribution is 2.28. The van der Waals surface area contributed by atoms with Gasteiger partial charge in [-0.2, -0.15) is 0 Å². The number of ether oxygens (including phenoxy) is 2. The van der Waals surface area contributed by atoms with Gasteiger partial charge in [0.2, 0.25) is 0 Å². The van der Waals surface area contributed by atoms with E-state index in [0.29, 0.717) is 38.5 Å². The lowest BCUT2D eigenvalue weighted by atomic mass is 9.99. The number of aromatic carboxylic acids is 1. The quantitative estimate of drug-likeness (QED) is 0.892. The third-order valence-electron chi connectivity index (χ3n) is 4.17. The van der Waals surface area contributed by atoms with Gasteiger partial charge in [0.15, 0.2) is 0 Å². The summed E-state index contributed by atoms with van der Waals surface area (Å²) in [7, 11) is 0. The fourth-order valence-electron chi connectivity index (χ4n) is 3.06. The molecule has 6 nitrogen and oxygen atoms in total. The largest absolute Gasteiger partial charge is 0.478 e. The molecule has 1 aromatic rings. The number of amides is 1. The standard InChI is InChI=1S/C16H19NO5/c1-11-6-12(8-13(7-11)15(19)20)14(18)17-3-5-22-16(9-17)2-4-21-10-16/h6-8H,2-5,9-10H2,1H3,(H,19,20). The van der Waals surface area contributed by atoms with Crippen molar-refractivity contribution in [1.82, 2.24) is 4.90 Å². The summed E-state index contributed by atoms with van der Waals surface area (Å²) >= 11 is 0. The minimum absolute atomic E-state index is 0.135. The van der Waals surface area contributed by atoms with E-state index < -0.39 is 11.6 Å². The first-order chi connectivity index (χ1) is 10.5. The second-order valence-electron chi connectivity index (χ2n) is 5.95. The lowest BCUT2D eigenvalue weighted by Gasteiger charge is -2.39. The zero-order chi connectivity index (χ0) is 15.7. The Hall–Kier alpha value is -1.92. The lowest BCUT2D eigenvalue weighted by Crippen LogP contribution is -2.54. The number of carbonyl (C=O) groups excluding carboxylic acids is 1. The van der Waals surface area contributed by atoms with Crippen LogP contribution < -0.4 is 0 Å². The minimum Gasteiger partial charge on any atom is -0.478 e. The summed E-state index contributed by atoms with van der Waals surface area (Å²) in [6.07, 6.45) is 0.783. The van der Waals surface area contributed by atoms with Crippen LogP contribution in [0, 0.1) is 6.92 Å². The van der Waals surface area contributed by atoms with Crippen molar-refractivity contribution < 1.29 is 24.2 Å². The van der Waals surface area contributed by atoms with E-state index >= 15 is 0 Å². The molecular formula is C16H19NO5. The third-order valence-corrected chi connectivity index (χ3v) is 4.17. The van der Waals surface area contributed by atoms with Gasteiger partial charge in [0, 0.05) is 25.1 Å². The normalized spacial score (nSPS) is 24.7. The number of carboxylic acid groups (broad SMARTS) is 1. The Morgan fingerprint density at radius 3 is 2.68 bits per heavy atom. The molecule has 2 saturated heterocycles. The van der Waals surface area contributed by atoms with Crippen LogP contribution in [-0.2, 0) is 9.47 Å². The summed E-state index contributed by atoms with van der Waals surface area (Å²) in [5.74, 6) is -1.18. The fraction of sp³-hybridized carbons (Fsp3) is 0.500. The number of rotatable bonds is 2. The van der Waals surface area contributed by atoms with Crippen LogP contribution in [0.3, 0.4) is 0 Å². The zero-order valence-corrected chi connectivity index (χ0v) is 12.5. The molecular weight excluding hydrogens is 286 g/mol. The number of benzene rings is 1. The molecule has 1 spiro atoms. The zero-order valence-electron chi connectivity index (χ0n) is 12.5. The van der Waals surface area contributed by atoms with E-state index in [4.69, 9.17) is 14.6 Å². The third kappa shape index (κ3) is 2.84. The van der Waals surface area contributed by atoms with Crippen molar-refractivity contribution in [3.8, 4) is 0 Å². The number of hydrogen-bond acceptors (Lipinski definition) is 4. The Morgan fingerprint density at radius 1 is 1.23 bits per heavy atom. The molecule has 1 N–H and O–H groups in total. The van der Waals surface area contributed by atoms with E-state index in [-0.39, 0.29) is 11.5 Å². The maximum Gasteiger partial charge on any atom is 0.335 e. The molecule has 2 aliphatic heterocycles. The minimum atomic E-state index is -1.03. The Bertz CT molecular complexity index is 607. The van der Waals surface area contributed by atoms with Gasteiger partial charge in [-0.05, 0) is 30.7 Å². The van der Waals surface area contributed by atoms with Crippen LogP contribution in [0.15, 0.2) is 18.2 Å². The molecule has 0 radical (unpaired) electrons. The van der Waals surface area contributed by atoms with Crippen LogP contribution in [-0.4, -0.2) is 60.4 Å². The highest BCUT2D eigenvalue weighted by atomic mass is 16.6. The van der Waals surface area contributed by atoms with Gasteiger partial charge in [0.1, 0.15) is 5.60 Å². The Kier molecular flexibility index (Phi) is 3.88. The van der Waals surface area contributed by atoms with E-state index in [1.54, 1.807) is 24.0 Å². The van der Waals surface area contributed by atoms with Crippen LogP contribution in [0.25, 0.3) is 0 Å². The first kappa shape index (κ1) is 15.0. The molecule has 22 heavy (non-hydrogen) atoms. The van der Waals surface area contributed by atoms with Gasteiger partial charge in [-0.1, -0.05) is 0 Å². The monoisotopic (exact) mass is 305 g/mol. The molecule has 6 heteroatoms. The van der Waals surface area contributed by atoms with Crippen molar-refractivity contribution in [3.63, 3.8) is 0 Å². The fourth-order valence-corrected chi connectivity index (χ4v) is 3.06. The van der Waals surface area contributed by atoms with E-state index in [0.717, 1.165) is 12.0 Å². The lowest BCUT2D eigenvalue weighted by molar-refractivity contribution is -0.0995. The number of carbonyl (C=O) groups is 2. The number of hydrogen-bond donors (Lipinski definition) is 1. The van der Waals surface area contributed by atoms with Crippen LogP contribution in [0.2, 0.25) is 0 Å². The second-order valence-corrected chi connectivity index (χ2v) is 5.95. The predicted molar refractivity (Wildman–Crippen MR) is 78.2 cm³/mol. The second kappa shape index (κ2) is 5.70. The van der Waals surface area contributed by atoms with E-state index in [2.05, 4.69) is 0 Å². The van der Waals surface area contributed by atoms with E-state index in [9.17, 15) is 9.59 Å².